The van der Waals surface area contributed by atoms with Crippen LogP contribution in [0.3, 0.4) is 0 Å². The van der Waals surface area contributed by atoms with Gasteiger partial charge in [-0.1, -0.05) is 81.5 Å². The number of allylic oxidation sites excluding steroid dienone is 2. The summed E-state index contributed by atoms with van der Waals surface area (Å²) in [5, 5.41) is 1.39. The summed E-state index contributed by atoms with van der Waals surface area (Å²) in [6.45, 7) is 7.00. The highest BCUT2D eigenvalue weighted by Crippen LogP contribution is 2.50. The summed E-state index contributed by atoms with van der Waals surface area (Å²) in [5.41, 5.74) is 5.61. The standard InChI is InChI=1S/C23H25N/c1-16(2)23(18-10-6-5-7-11-18)15-14-17(3)22-21(23)19-12-8-9-13-20(19)24(22)4/h5-17H,1-4H3. The van der Waals surface area contributed by atoms with Gasteiger partial charge < -0.3 is 4.57 Å². The van der Waals surface area contributed by atoms with Gasteiger partial charge in [0, 0.05) is 35.0 Å². The van der Waals surface area contributed by atoms with Crippen molar-refractivity contribution in [1.29, 1.82) is 0 Å². The van der Waals surface area contributed by atoms with E-state index in [1.165, 1.54) is 27.7 Å². The van der Waals surface area contributed by atoms with Crippen molar-refractivity contribution in [3.05, 3.63) is 83.6 Å². The van der Waals surface area contributed by atoms with Crippen LogP contribution in [-0.4, -0.2) is 4.57 Å². The van der Waals surface area contributed by atoms with Gasteiger partial charge in [0.1, 0.15) is 0 Å². The van der Waals surface area contributed by atoms with E-state index in [0.717, 1.165) is 0 Å². The normalized spacial score (nSPS) is 23.0. The van der Waals surface area contributed by atoms with Gasteiger partial charge in [-0.25, -0.2) is 0 Å². The SMILES string of the molecule is CC1C=CC(c2ccccc2)(C(C)C)c2c1n(C)c1ccccc21. The maximum absolute atomic E-state index is 2.46. The molecule has 0 saturated heterocycles. The van der Waals surface area contributed by atoms with E-state index in [9.17, 15) is 0 Å². The molecular formula is C23H25N. The van der Waals surface area contributed by atoms with Gasteiger partial charge in [-0.05, 0) is 23.1 Å². The van der Waals surface area contributed by atoms with Crippen molar-refractivity contribution in [2.45, 2.75) is 32.1 Å². The van der Waals surface area contributed by atoms with Crippen LogP contribution in [0.2, 0.25) is 0 Å². The Balaban J connectivity index is 2.16. The number of aryl methyl sites for hydroxylation is 1. The molecule has 1 aliphatic rings. The molecule has 1 aliphatic carbocycles. The van der Waals surface area contributed by atoms with Crippen molar-refractivity contribution in [1.82, 2.24) is 4.57 Å². The van der Waals surface area contributed by atoms with E-state index < -0.39 is 0 Å². The van der Waals surface area contributed by atoms with Crippen LogP contribution in [-0.2, 0) is 12.5 Å². The van der Waals surface area contributed by atoms with E-state index >= 15 is 0 Å². The molecule has 0 radical (unpaired) electrons. The number of hydrogen-bond acceptors (Lipinski definition) is 0. The zero-order valence-electron chi connectivity index (χ0n) is 15.0. The number of fused-ring (bicyclic) bond motifs is 3. The maximum Gasteiger partial charge on any atom is 0.0483 e. The number of hydrogen-bond donors (Lipinski definition) is 0. The third kappa shape index (κ3) is 1.87. The zero-order valence-corrected chi connectivity index (χ0v) is 15.0. The van der Waals surface area contributed by atoms with E-state index in [1.807, 2.05) is 0 Å². The maximum atomic E-state index is 2.46. The molecule has 2 atom stereocenters. The van der Waals surface area contributed by atoms with Crippen molar-refractivity contribution >= 4 is 10.9 Å². The second kappa shape index (κ2) is 5.37. The molecule has 0 aliphatic heterocycles. The molecule has 1 nitrogen and oxygen atoms in total. The van der Waals surface area contributed by atoms with E-state index in [-0.39, 0.29) is 5.41 Å². The Labute approximate surface area is 144 Å². The summed E-state index contributed by atoms with van der Waals surface area (Å²) in [5.74, 6) is 0.918. The minimum atomic E-state index is -0.0655. The molecule has 0 fully saturated rings. The highest BCUT2D eigenvalue weighted by Gasteiger charge is 2.42. The summed E-state index contributed by atoms with van der Waals surface area (Å²) in [7, 11) is 2.22. The van der Waals surface area contributed by atoms with Gasteiger partial charge in [-0.3, -0.25) is 0 Å². The third-order valence-electron chi connectivity index (χ3n) is 5.81. The lowest BCUT2D eigenvalue weighted by molar-refractivity contribution is 0.440. The number of para-hydroxylation sites is 1. The van der Waals surface area contributed by atoms with E-state index in [4.69, 9.17) is 0 Å². The molecule has 24 heavy (non-hydrogen) atoms. The highest BCUT2D eigenvalue weighted by molar-refractivity contribution is 5.89. The number of nitrogens with zero attached hydrogens (tertiary/aromatic N) is 1. The van der Waals surface area contributed by atoms with Gasteiger partial charge in [-0.2, -0.15) is 0 Å². The molecule has 1 heteroatoms. The summed E-state index contributed by atoms with van der Waals surface area (Å²) in [6, 6.07) is 19.9. The van der Waals surface area contributed by atoms with Crippen LogP contribution in [0.4, 0.5) is 0 Å². The Morgan fingerprint density at radius 2 is 1.62 bits per heavy atom. The van der Waals surface area contributed by atoms with Crippen LogP contribution in [0.25, 0.3) is 10.9 Å². The Morgan fingerprint density at radius 3 is 2.33 bits per heavy atom. The second-order valence-electron chi connectivity index (χ2n) is 7.37. The first kappa shape index (κ1) is 15.3. The molecule has 2 aromatic carbocycles. The fraction of sp³-hybridized carbons (Fsp3) is 0.304. The Kier molecular flexibility index (Phi) is 3.42. The van der Waals surface area contributed by atoms with Gasteiger partial charge in [0.2, 0.25) is 0 Å². The van der Waals surface area contributed by atoms with Crippen molar-refractivity contribution < 1.29 is 0 Å². The molecule has 1 heterocycles. The lowest BCUT2D eigenvalue weighted by Gasteiger charge is -2.40. The topological polar surface area (TPSA) is 4.93 Å². The zero-order chi connectivity index (χ0) is 16.9. The first-order chi connectivity index (χ1) is 11.6. The van der Waals surface area contributed by atoms with Crippen LogP contribution >= 0.6 is 0 Å². The predicted molar refractivity (Wildman–Crippen MR) is 103 cm³/mol. The molecule has 122 valence electrons. The molecule has 0 bridgehead atoms. The lowest BCUT2D eigenvalue weighted by Crippen LogP contribution is -2.35. The van der Waals surface area contributed by atoms with Crippen LogP contribution in [0.1, 0.15) is 43.5 Å². The summed E-state index contributed by atoms with van der Waals surface area (Å²) in [6.07, 6.45) is 4.86. The first-order valence-corrected chi connectivity index (χ1v) is 8.90. The van der Waals surface area contributed by atoms with Crippen LogP contribution in [0.15, 0.2) is 66.7 Å². The molecular weight excluding hydrogens is 290 g/mol. The third-order valence-corrected chi connectivity index (χ3v) is 5.81. The smallest absolute Gasteiger partial charge is 0.0483 e. The predicted octanol–water partition coefficient (Wildman–Crippen LogP) is 5.79. The Bertz CT molecular complexity index is 914. The van der Waals surface area contributed by atoms with Crippen LogP contribution in [0, 0.1) is 5.92 Å². The molecule has 2 unspecified atom stereocenters. The molecule has 0 amide bonds. The van der Waals surface area contributed by atoms with E-state index in [1.54, 1.807) is 0 Å². The quantitative estimate of drug-likeness (QED) is 0.527. The van der Waals surface area contributed by atoms with Crippen molar-refractivity contribution in [3.8, 4) is 0 Å². The van der Waals surface area contributed by atoms with Gasteiger partial charge in [0.25, 0.3) is 0 Å². The van der Waals surface area contributed by atoms with Gasteiger partial charge in [0.15, 0.2) is 0 Å². The minimum absolute atomic E-state index is 0.0655. The molecule has 3 aromatic rings. The lowest BCUT2D eigenvalue weighted by atomic mass is 9.63. The number of aromatic nitrogens is 1. The fourth-order valence-electron chi connectivity index (χ4n) is 4.62. The number of rotatable bonds is 2. The van der Waals surface area contributed by atoms with Crippen LogP contribution < -0.4 is 0 Å². The molecule has 1 aromatic heterocycles. The second-order valence-corrected chi connectivity index (χ2v) is 7.37. The van der Waals surface area contributed by atoms with Crippen molar-refractivity contribution in [3.63, 3.8) is 0 Å². The molecule has 0 saturated carbocycles. The number of benzene rings is 2. The van der Waals surface area contributed by atoms with E-state index in [2.05, 4.69) is 99.1 Å². The average Bonchev–Trinajstić information content (AvgIpc) is 2.91. The van der Waals surface area contributed by atoms with Gasteiger partial charge in [-0.15, -0.1) is 0 Å². The minimum Gasteiger partial charge on any atom is -0.347 e. The van der Waals surface area contributed by atoms with Crippen molar-refractivity contribution in [2.24, 2.45) is 13.0 Å². The Morgan fingerprint density at radius 1 is 0.958 bits per heavy atom. The first-order valence-electron chi connectivity index (χ1n) is 8.90. The van der Waals surface area contributed by atoms with Crippen LogP contribution in [0.5, 0.6) is 0 Å². The molecule has 0 N–H and O–H groups in total. The summed E-state index contributed by atoms with van der Waals surface area (Å²) >= 11 is 0. The fourth-order valence-corrected chi connectivity index (χ4v) is 4.62. The van der Waals surface area contributed by atoms with Gasteiger partial charge >= 0.3 is 0 Å². The molecule has 0 spiro atoms. The van der Waals surface area contributed by atoms with E-state index in [0.29, 0.717) is 11.8 Å². The summed E-state index contributed by atoms with van der Waals surface area (Å²) in [4.78, 5) is 0. The highest BCUT2D eigenvalue weighted by atomic mass is 15.0. The average molecular weight is 315 g/mol. The monoisotopic (exact) mass is 315 g/mol. The van der Waals surface area contributed by atoms with Crippen molar-refractivity contribution in [2.75, 3.05) is 0 Å². The van der Waals surface area contributed by atoms with Gasteiger partial charge in [0.05, 0.1) is 0 Å². The summed E-state index contributed by atoms with van der Waals surface area (Å²) < 4.78 is 2.40. The largest absolute Gasteiger partial charge is 0.347 e. The Hall–Kier alpha value is -2.28. The molecule has 4 rings (SSSR count).